The predicted octanol–water partition coefficient (Wildman–Crippen LogP) is 2.50. The van der Waals surface area contributed by atoms with Gasteiger partial charge in [-0.3, -0.25) is 0 Å². The van der Waals surface area contributed by atoms with E-state index in [-0.39, 0.29) is 5.82 Å². The zero-order valence-corrected chi connectivity index (χ0v) is 9.68. The molecule has 1 rings (SSSR count). The molecule has 3 heteroatoms. The normalized spacial score (nSPS) is 10.7. The van der Waals surface area contributed by atoms with Gasteiger partial charge in [-0.15, -0.1) is 0 Å². The first kappa shape index (κ1) is 12.0. The first-order valence-electron chi connectivity index (χ1n) is 5.24. The molecule has 1 N–H and O–H groups in total. The van der Waals surface area contributed by atoms with Crippen molar-refractivity contribution in [3.05, 3.63) is 29.6 Å². The fourth-order valence-electron chi connectivity index (χ4n) is 1.38. The van der Waals surface area contributed by atoms with Gasteiger partial charge in [-0.1, -0.05) is 6.07 Å². The topological polar surface area (TPSA) is 15.3 Å². The number of aryl methyl sites for hydroxylation is 1. The van der Waals surface area contributed by atoms with Crippen LogP contribution in [0.25, 0.3) is 0 Å². The Morgan fingerprint density at radius 2 is 2.07 bits per heavy atom. The lowest BCUT2D eigenvalue weighted by atomic mass is 10.2. The number of anilines is 1. The van der Waals surface area contributed by atoms with Crippen LogP contribution < -0.4 is 5.32 Å². The van der Waals surface area contributed by atoms with E-state index in [0.29, 0.717) is 5.69 Å². The maximum Gasteiger partial charge on any atom is 0.146 e. The van der Waals surface area contributed by atoms with Crippen molar-refractivity contribution >= 4 is 5.69 Å². The van der Waals surface area contributed by atoms with E-state index in [0.717, 1.165) is 25.1 Å². The molecule has 0 radical (unpaired) electrons. The van der Waals surface area contributed by atoms with E-state index in [9.17, 15) is 4.39 Å². The summed E-state index contributed by atoms with van der Waals surface area (Å²) < 4.78 is 13.4. The van der Waals surface area contributed by atoms with Gasteiger partial charge in [0.2, 0.25) is 0 Å². The standard InChI is InChI=1S/C12H19FN2/c1-10-5-6-12(11(13)9-10)14-7-4-8-15(2)3/h5-6,9,14H,4,7-8H2,1-3H3. The van der Waals surface area contributed by atoms with Gasteiger partial charge in [0.1, 0.15) is 5.82 Å². The van der Waals surface area contributed by atoms with Crippen molar-refractivity contribution in [2.24, 2.45) is 0 Å². The summed E-state index contributed by atoms with van der Waals surface area (Å²) in [4.78, 5) is 2.12. The summed E-state index contributed by atoms with van der Waals surface area (Å²) in [6.07, 6.45) is 1.01. The van der Waals surface area contributed by atoms with Crippen molar-refractivity contribution in [2.75, 3.05) is 32.5 Å². The van der Waals surface area contributed by atoms with Gasteiger partial charge in [0, 0.05) is 6.54 Å². The number of hydrogen-bond acceptors (Lipinski definition) is 2. The summed E-state index contributed by atoms with van der Waals surface area (Å²) in [5.41, 5.74) is 1.55. The largest absolute Gasteiger partial charge is 0.383 e. The van der Waals surface area contributed by atoms with Gasteiger partial charge in [-0.2, -0.15) is 0 Å². The lowest BCUT2D eigenvalue weighted by Gasteiger charge is -2.11. The van der Waals surface area contributed by atoms with Crippen LogP contribution >= 0.6 is 0 Å². The van der Waals surface area contributed by atoms with E-state index in [4.69, 9.17) is 0 Å². The summed E-state index contributed by atoms with van der Waals surface area (Å²) in [7, 11) is 4.07. The number of rotatable bonds is 5. The van der Waals surface area contributed by atoms with Crippen LogP contribution in [0.4, 0.5) is 10.1 Å². The van der Waals surface area contributed by atoms with Gasteiger partial charge < -0.3 is 10.2 Å². The lowest BCUT2D eigenvalue weighted by molar-refractivity contribution is 0.405. The zero-order chi connectivity index (χ0) is 11.3. The number of benzene rings is 1. The molecular formula is C12H19FN2. The van der Waals surface area contributed by atoms with Crippen LogP contribution in [-0.2, 0) is 0 Å². The van der Waals surface area contributed by atoms with E-state index in [2.05, 4.69) is 10.2 Å². The van der Waals surface area contributed by atoms with Crippen LogP contribution in [0.3, 0.4) is 0 Å². The molecule has 0 heterocycles. The Bertz CT molecular complexity index is 310. The summed E-state index contributed by atoms with van der Waals surface area (Å²) in [6, 6.07) is 5.26. The molecule has 0 fully saturated rings. The molecule has 0 aliphatic heterocycles. The van der Waals surface area contributed by atoms with Crippen LogP contribution in [0.1, 0.15) is 12.0 Å². The minimum absolute atomic E-state index is 0.167. The van der Waals surface area contributed by atoms with Crippen molar-refractivity contribution in [2.45, 2.75) is 13.3 Å². The Morgan fingerprint density at radius 3 is 2.67 bits per heavy atom. The molecule has 0 amide bonds. The molecule has 0 bridgehead atoms. The lowest BCUT2D eigenvalue weighted by Crippen LogP contribution is -2.16. The Balaban J connectivity index is 2.37. The highest BCUT2D eigenvalue weighted by Gasteiger charge is 2.00. The number of hydrogen-bond donors (Lipinski definition) is 1. The molecule has 0 unspecified atom stereocenters. The maximum atomic E-state index is 13.4. The number of nitrogens with one attached hydrogen (secondary N) is 1. The Labute approximate surface area is 91.1 Å². The summed E-state index contributed by atoms with van der Waals surface area (Å²) in [5.74, 6) is -0.167. The van der Waals surface area contributed by atoms with Crippen molar-refractivity contribution < 1.29 is 4.39 Å². The molecule has 0 aliphatic rings. The monoisotopic (exact) mass is 210 g/mol. The Morgan fingerprint density at radius 1 is 1.33 bits per heavy atom. The van der Waals surface area contributed by atoms with Gasteiger partial charge in [-0.05, 0) is 51.7 Å². The van der Waals surface area contributed by atoms with Crippen LogP contribution in [0.15, 0.2) is 18.2 Å². The maximum absolute atomic E-state index is 13.4. The van der Waals surface area contributed by atoms with E-state index in [1.54, 1.807) is 12.1 Å². The van der Waals surface area contributed by atoms with E-state index < -0.39 is 0 Å². The summed E-state index contributed by atoms with van der Waals surface area (Å²) >= 11 is 0. The first-order valence-corrected chi connectivity index (χ1v) is 5.24. The van der Waals surface area contributed by atoms with Gasteiger partial charge in [0.15, 0.2) is 0 Å². The van der Waals surface area contributed by atoms with Crippen molar-refractivity contribution in [3.63, 3.8) is 0 Å². The third-order valence-electron chi connectivity index (χ3n) is 2.22. The van der Waals surface area contributed by atoms with Crippen molar-refractivity contribution in [1.29, 1.82) is 0 Å². The second-order valence-corrected chi connectivity index (χ2v) is 4.07. The van der Waals surface area contributed by atoms with Crippen LogP contribution in [0.5, 0.6) is 0 Å². The van der Waals surface area contributed by atoms with Gasteiger partial charge >= 0.3 is 0 Å². The van der Waals surface area contributed by atoms with Crippen molar-refractivity contribution in [3.8, 4) is 0 Å². The highest BCUT2D eigenvalue weighted by atomic mass is 19.1. The first-order chi connectivity index (χ1) is 7.09. The SMILES string of the molecule is Cc1ccc(NCCCN(C)C)c(F)c1. The van der Waals surface area contributed by atoms with Crippen LogP contribution in [0.2, 0.25) is 0 Å². The summed E-state index contributed by atoms with van der Waals surface area (Å²) in [6.45, 7) is 3.71. The molecule has 1 aromatic carbocycles. The fraction of sp³-hybridized carbons (Fsp3) is 0.500. The molecule has 0 saturated heterocycles. The Hall–Kier alpha value is -1.09. The third kappa shape index (κ3) is 4.30. The van der Waals surface area contributed by atoms with E-state index in [1.165, 1.54) is 0 Å². The zero-order valence-electron chi connectivity index (χ0n) is 9.68. The van der Waals surface area contributed by atoms with Gasteiger partial charge in [0.05, 0.1) is 5.69 Å². The smallest absolute Gasteiger partial charge is 0.146 e. The molecule has 0 aromatic heterocycles. The minimum atomic E-state index is -0.167. The van der Waals surface area contributed by atoms with Crippen molar-refractivity contribution in [1.82, 2.24) is 4.90 Å². The van der Waals surface area contributed by atoms with Crippen LogP contribution in [-0.4, -0.2) is 32.1 Å². The molecule has 84 valence electrons. The average molecular weight is 210 g/mol. The molecule has 1 aromatic rings. The molecule has 2 nitrogen and oxygen atoms in total. The predicted molar refractivity (Wildman–Crippen MR) is 62.8 cm³/mol. The highest BCUT2D eigenvalue weighted by Crippen LogP contribution is 2.14. The minimum Gasteiger partial charge on any atom is -0.383 e. The molecule has 0 spiro atoms. The third-order valence-corrected chi connectivity index (χ3v) is 2.22. The Kier molecular flexibility index (Phi) is 4.56. The second-order valence-electron chi connectivity index (χ2n) is 4.07. The molecule has 15 heavy (non-hydrogen) atoms. The highest BCUT2D eigenvalue weighted by molar-refractivity contribution is 5.45. The molecule has 0 aliphatic carbocycles. The number of nitrogens with zero attached hydrogens (tertiary/aromatic N) is 1. The quantitative estimate of drug-likeness (QED) is 0.751. The number of halogens is 1. The molecular weight excluding hydrogens is 191 g/mol. The molecule has 0 saturated carbocycles. The van der Waals surface area contributed by atoms with E-state index >= 15 is 0 Å². The average Bonchev–Trinajstić information content (AvgIpc) is 2.14. The molecule has 0 atom stereocenters. The second kappa shape index (κ2) is 5.71. The summed E-state index contributed by atoms with van der Waals surface area (Å²) in [5, 5.41) is 3.09. The van der Waals surface area contributed by atoms with Gasteiger partial charge in [0.25, 0.3) is 0 Å². The fourth-order valence-corrected chi connectivity index (χ4v) is 1.38. The van der Waals surface area contributed by atoms with Crippen LogP contribution in [0, 0.1) is 12.7 Å². The van der Waals surface area contributed by atoms with E-state index in [1.807, 2.05) is 27.1 Å². The van der Waals surface area contributed by atoms with Gasteiger partial charge in [-0.25, -0.2) is 4.39 Å².